The Morgan fingerprint density at radius 3 is 2.53 bits per heavy atom. The van der Waals surface area contributed by atoms with E-state index in [0.717, 1.165) is 52.1 Å². The van der Waals surface area contributed by atoms with Crippen LogP contribution in [0.3, 0.4) is 0 Å². The summed E-state index contributed by atoms with van der Waals surface area (Å²) in [7, 11) is 0. The number of hydrogen-bond donors (Lipinski definition) is 2. The monoisotopic (exact) mass is 441 g/mol. The summed E-state index contributed by atoms with van der Waals surface area (Å²) in [5.74, 6) is -0.576. The molecule has 1 aliphatic heterocycles. The molecule has 0 aliphatic carbocycles. The molecular weight excluding hydrogens is 412 g/mol. The predicted molar refractivity (Wildman–Crippen MR) is 121 cm³/mol. The predicted octanol–water partition coefficient (Wildman–Crippen LogP) is 3.83. The summed E-state index contributed by atoms with van der Waals surface area (Å²) in [6.07, 6.45) is -0.736. The highest BCUT2D eigenvalue weighted by atomic mass is 19.3. The fourth-order valence-corrected chi connectivity index (χ4v) is 4.05. The molecule has 2 N–H and O–H groups in total. The number of piperazine rings is 1. The molecular formula is C24H29F2N5O. The number of imidazole rings is 1. The Morgan fingerprint density at radius 2 is 1.78 bits per heavy atom. The van der Waals surface area contributed by atoms with Crippen LogP contribution in [0.2, 0.25) is 0 Å². The van der Waals surface area contributed by atoms with Crippen molar-refractivity contribution in [1.29, 1.82) is 0 Å². The van der Waals surface area contributed by atoms with Gasteiger partial charge in [-0.15, -0.1) is 0 Å². The fraction of sp³-hybridized carbons (Fsp3) is 0.417. The lowest BCUT2D eigenvalue weighted by Crippen LogP contribution is -2.46. The molecule has 2 aromatic carbocycles. The molecule has 1 aliphatic rings. The number of H-pyrrole nitrogens is 1. The SMILES string of the molecule is O=C(NCCCCN1CCN(Cc2ccccc2)CC1)c1ccc2nc(C(F)F)[nH]c2c1. The van der Waals surface area contributed by atoms with E-state index in [2.05, 4.69) is 49.4 Å². The minimum Gasteiger partial charge on any atom is -0.352 e. The minimum absolute atomic E-state index is 0.199. The molecule has 4 rings (SSSR count). The van der Waals surface area contributed by atoms with Crippen LogP contribution in [-0.2, 0) is 6.54 Å². The molecule has 1 aromatic heterocycles. The van der Waals surface area contributed by atoms with Gasteiger partial charge in [0, 0.05) is 44.8 Å². The third kappa shape index (κ3) is 5.89. The zero-order chi connectivity index (χ0) is 22.3. The fourth-order valence-electron chi connectivity index (χ4n) is 4.05. The number of nitrogens with one attached hydrogen (secondary N) is 2. The molecule has 1 fully saturated rings. The van der Waals surface area contributed by atoms with Gasteiger partial charge in [0.05, 0.1) is 11.0 Å². The van der Waals surface area contributed by atoms with Crippen LogP contribution in [0.1, 0.15) is 41.0 Å². The van der Waals surface area contributed by atoms with Crippen molar-refractivity contribution in [2.45, 2.75) is 25.8 Å². The van der Waals surface area contributed by atoms with Crippen LogP contribution < -0.4 is 5.32 Å². The Kier molecular flexibility index (Phi) is 7.44. The number of alkyl halides is 2. The maximum atomic E-state index is 12.8. The second-order valence-corrected chi connectivity index (χ2v) is 8.22. The number of amides is 1. The average molecular weight is 442 g/mol. The number of fused-ring (bicyclic) bond motifs is 1. The third-order valence-electron chi connectivity index (χ3n) is 5.87. The largest absolute Gasteiger partial charge is 0.352 e. The first-order valence-electron chi connectivity index (χ1n) is 11.1. The van der Waals surface area contributed by atoms with E-state index in [4.69, 9.17) is 0 Å². The summed E-state index contributed by atoms with van der Waals surface area (Å²) in [5.41, 5.74) is 2.68. The van der Waals surface area contributed by atoms with Gasteiger partial charge < -0.3 is 15.2 Å². The number of benzene rings is 2. The summed E-state index contributed by atoms with van der Waals surface area (Å²) in [4.78, 5) is 23.7. The molecule has 32 heavy (non-hydrogen) atoms. The quantitative estimate of drug-likeness (QED) is 0.496. The molecule has 6 nitrogen and oxygen atoms in total. The van der Waals surface area contributed by atoms with Gasteiger partial charge in [0.2, 0.25) is 0 Å². The minimum atomic E-state index is -2.66. The second kappa shape index (κ2) is 10.7. The van der Waals surface area contributed by atoms with Gasteiger partial charge >= 0.3 is 0 Å². The highest BCUT2D eigenvalue weighted by Crippen LogP contribution is 2.20. The smallest absolute Gasteiger partial charge is 0.295 e. The normalized spacial score (nSPS) is 15.5. The van der Waals surface area contributed by atoms with Crippen molar-refractivity contribution in [3.05, 3.63) is 65.5 Å². The summed E-state index contributed by atoms with van der Waals surface area (Å²) in [6.45, 7) is 6.94. The molecule has 0 atom stereocenters. The van der Waals surface area contributed by atoms with Crippen molar-refractivity contribution in [3.63, 3.8) is 0 Å². The van der Waals surface area contributed by atoms with Gasteiger partial charge in [0.15, 0.2) is 5.82 Å². The van der Waals surface area contributed by atoms with Crippen molar-refractivity contribution in [3.8, 4) is 0 Å². The van der Waals surface area contributed by atoms with Crippen molar-refractivity contribution in [2.24, 2.45) is 0 Å². The molecule has 170 valence electrons. The van der Waals surface area contributed by atoms with E-state index in [0.29, 0.717) is 23.1 Å². The zero-order valence-electron chi connectivity index (χ0n) is 18.1. The summed E-state index contributed by atoms with van der Waals surface area (Å²) < 4.78 is 25.5. The van der Waals surface area contributed by atoms with E-state index in [-0.39, 0.29) is 11.7 Å². The van der Waals surface area contributed by atoms with Crippen LogP contribution in [0.4, 0.5) is 8.78 Å². The molecule has 1 amide bonds. The van der Waals surface area contributed by atoms with Gasteiger partial charge in [0.25, 0.3) is 12.3 Å². The van der Waals surface area contributed by atoms with Gasteiger partial charge in [-0.2, -0.15) is 0 Å². The highest BCUT2D eigenvalue weighted by molar-refractivity contribution is 5.97. The van der Waals surface area contributed by atoms with Crippen molar-refractivity contribution in [2.75, 3.05) is 39.3 Å². The van der Waals surface area contributed by atoms with E-state index >= 15 is 0 Å². The van der Waals surface area contributed by atoms with E-state index in [1.54, 1.807) is 18.2 Å². The molecule has 1 saturated heterocycles. The number of halogens is 2. The van der Waals surface area contributed by atoms with Crippen molar-refractivity contribution >= 4 is 16.9 Å². The number of unbranched alkanes of at least 4 members (excludes halogenated alkanes) is 1. The molecule has 0 spiro atoms. The Balaban J connectivity index is 1.13. The maximum absolute atomic E-state index is 12.8. The molecule has 0 radical (unpaired) electrons. The standard InChI is InChI=1S/C24H29F2N5O/c25-22(26)23-28-20-9-8-19(16-21(20)29-23)24(32)27-10-4-5-11-30-12-14-31(15-13-30)17-18-6-2-1-3-7-18/h1-3,6-9,16,22H,4-5,10-15,17H2,(H,27,32)(H,28,29). The summed E-state index contributed by atoms with van der Waals surface area (Å²) in [6, 6.07) is 15.3. The first-order valence-corrected chi connectivity index (χ1v) is 11.1. The zero-order valence-corrected chi connectivity index (χ0v) is 18.1. The topological polar surface area (TPSA) is 64.3 Å². The van der Waals surface area contributed by atoms with E-state index < -0.39 is 6.43 Å². The second-order valence-electron chi connectivity index (χ2n) is 8.22. The molecule has 0 saturated carbocycles. The number of aromatic amines is 1. The van der Waals surface area contributed by atoms with Crippen LogP contribution in [0.25, 0.3) is 11.0 Å². The van der Waals surface area contributed by atoms with Gasteiger partial charge in [-0.25, -0.2) is 13.8 Å². The Bertz CT molecular complexity index is 1020. The van der Waals surface area contributed by atoms with E-state index in [1.807, 2.05) is 6.07 Å². The Hall–Kier alpha value is -2.84. The number of carbonyl (C=O) groups excluding carboxylic acids is 1. The summed E-state index contributed by atoms with van der Waals surface area (Å²) >= 11 is 0. The van der Waals surface area contributed by atoms with Crippen LogP contribution >= 0.6 is 0 Å². The van der Waals surface area contributed by atoms with E-state index in [9.17, 15) is 13.6 Å². The molecule has 3 aromatic rings. The number of carbonyl (C=O) groups is 1. The lowest BCUT2D eigenvalue weighted by atomic mass is 10.2. The van der Waals surface area contributed by atoms with Gasteiger partial charge in [-0.3, -0.25) is 9.69 Å². The third-order valence-corrected chi connectivity index (χ3v) is 5.87. The van der Waals surface area contributed by atoms with Crippen LogP contribution in [0.15, 0.2) is 48.5 Å². The Labute approximate surface area is 186 Å². The van der Waals surface area contributed by atoms with E-state index in [1.165, 1.54) is 5.56 Å². The number of aromatic nitrogens is 2. The van der Waals surface area contributed by atoms with Gasteiger partial charge in [0.1, 0.15) is 0 Å². The number of hydrogen-bond acceptors (Lipinski definition) is 4. The van der Waals surface area contributed by atoms with Crippen molar-refractivity contribution in [1.82, 2.24) is 25.1 Å². The number of nitrogens with zero attached hydrogens (tertiary/aromatic N) is 3. The summed E-state index contributed by atoms with van der Waals surface area (Å²) in [5, 5.41) is 2.92. The van der Waals surface area contributed by atoms with Crippen molar-refractivity contribution < 1.29 is 13.6 Å². The molecule has 8 heteroatoms. The van der Waals surface area contributed by atoms with Crippen LogP contribution in [0, 0.1) is 0 Å². The average Bonchev–Trinajstić information content (AvgIpc) is 3.24. The van der Waals surface area contributed by atoms with Crippen LogP contribution in [-0.4, -0.2) is 64.9 Å². The first kappa shape index (κ1) is 22.4. The number of rotatable bonds is 9. The van der Waals surface area contributed by atoms with Crippen LogP contribution in [0.5, 0.6) is 0 Å². The first-order chi connectivity index (χ1) is 15.6. The van der Waals surface area contributed by atoms with Gasteiger partial charge in [-0.1, -0.05) is 30.3 Å². The molecule has 0 bridgehead atoms. The lowest BCUT2D eigenvalue weighted by Gasteiger charge is -2.34. The molecule has 0 unspecified atom stereocenters. The van der Waals surface area contributed by atoms with Gasteiger partial charge in [-0.05, 0) is 43.1 Å². The maximum Gasteiger partial charge on any atom is 0.295 e. The molecule has 2 heterocycles. The highest BCUT2D eigenvalue weighted by Gasteiger charge is 2.17. The lowest BCUT2D eigenvalue weighted by molar-refractivity contribution is 0.0951. The Morgan fingerprint density at radius 1 is 1.03 bits per heavy atom.